The van der Waals surface area contributed by atoms with Gasteiger partial charge in [0.1, 0.15) is 0 Å². The van der Waals surface area contributed by atoms with Gasteiger partial charge in [-0.3, -0.25) is 4.79 Å². The van der Waals surface area contributed by atoms with Gasteiger partial charge in [-0.1, -0.05) is 91.9 Å². The van der Waals surface area contributed by atoms with E-state index in [1.807, 2.05) is 61.5 Å². The molecule has 3 N–H and O–H groups in total. The first-order valence-corrected chi connectivity index (χ1v) is 11.3. The summed E-state index contributed by atoms with van der Waals surface area (Å²) in [5, 5.41) is 9.11. The van der Waals surface area contributed by atoms with Gasteiger partial charge in [-0.25, -0.2) is 0 Å². The van der Waals surface area contributed by atoms with Crippen LogP contribution in [0.25, 0.3) is 11.1 Å². The Balaban J connectivity index is 0.000000185. The van der Waals surface area contributed by atoms with Gasteiger partial charge in [0.25, 0.3) is 0 Å². The SMILES string of the molecule is CCC(C(=O)O)c1ccc(-c2ccccc2)cc1.NC1CCC(c2ccccc2)CC1. The molecule has 31 heavy (non-hydrogen) atoms. The van der Waals surface area contributed by atoms with Crippen molar-refractivity contribution in [1.29, 1.82) is 0 Å². The van der Waals surface area contributed by atoms with Gasteiger partial charge in [-0.15, -0.1) is 0 Å². The molecule has 1 saturated carbocycles. The average Bonchev–Trinajstić information content (AvgIpc) is 2.82. The minimum atomic E-state index is -0.759. The fourth-order valence-corrected chi connectivity index (χ4v) is 4.27. The summed E-state index contributed by atoms with van der Waals surface area (Å²) in [5.41, 5.74) is 10.5. The van der Waals surface area contributed by atoms with E-state index in [9.17, 15) is 4.79 Å². The average molecular weight is 416 g/mol. The minimum absolute atomic E-state index is 0.408. The molecule has 0 aromatic heterocycles. The summed E-state index contributed by atoms with van der Waals surface area (Å²) in [4.78, 5) is 11.1. The Hall–Kier alpha value is -2.91. The lowest BCUT2D eigenvalue weighted by atomic mass is 9.82. The van der Waals surface area contributed by atoms with Crippen LogP contribution in [0.15, 0.2) is 84.9 Å². The second kappa shape index (κ2) is 11.5. The zero-order valence-corrected chi connectivity index (χ0v) is 18.3. The smallest absolute Gasteiger partial charge is 0.310 e. The molecule has 162 valence electrons. The highest BCUT2D eigenvalue weighted by Crippen LogP contribution is 2.31. The molecule has 4 rings (SSSR count). The molecule has 0 bridgehead atoms. The molecule has 3 aromatic rings. The molecule has 1 aliphatic rings. The summed E-state index contributed by atoms with van der Waals surface area (Å²) in [5.74, 6) is -0.402. The van der Waals surface area contributed by atoms with E-state index < -0.39 is 11.9 Å². The number of benzene rings is 3. The van der Waals surface area contributed by atoms with Gasteiger partial charge in [-0.05, 0) is 60.3 Å². The summed E-state index contributed by atoms with van der Waals surface area (Å²) >= 11 is 0. The van der Waals surface area contributed by atoms with Crippen molar-refractivity contribution in [3.05, 3.63) is 96.1 Å². The summed E-state index contributed by atoms with van der Waals surface area (Å²) in [6, 6.07) is 29.1. The number of hydrogen-bond donors (Lipinski definition) is 2. The predicted octanol–water partition coefficient (Wildman–Crippen LogP) is 6.60. The van der Waals surface area contributed by atoms with Crippen molar-refractivity contribution < 1.29 is 9.90 Å². The first kappa shape index (κ1) is 22.8. The summed E-state index contributed by atoms with van der Waals surface area (Å²) in [6.07, 6.45) is 5.54. The molecule has 3 aromatic carbocycles. The Morgan fingerprint density at radius 1 is 0.839 bits per heavy atom. The van der Waals surface area contributed by atoms with Gasteiger partial charge in [0, 0.05) is 6.04 Å². The number of aliphatic carboxylic acids is 1. The second-order valence-electron chi connectivity index (χ2n) is 8.31. The van der Waals surface area contributed by atoms with Gasteiger partial charge < -0.3 is 10.8 Å². The Bertz CT molecular complexity index is 914. The van der Waals surface area contributed by atoms with E-state index >= 15 is 0 Å². The molecule has 1 atom stereocenters. The van der Waals surface area contributed by atoms with Crippen LogP contribution in [0.3, 0.4) is 0 Å². The van der Waals surface area contributed by atoms with Crippen molar-refractivity contribution in [2.45, 2.75) is 56.9 Å². The lowest BCUT2D eigenvalue weighted by molar-refractivity contribution is -0.138. The van der Waals surface area contributed by atoms with Crippen LogP contribution < -0.4 is 5.73 Å². The Labute approximate surface area is 185 Å². The van der Waals surface area contributed by atoms with E-state index in [1.165, 1.54) is 31.2 Å². The summed E-state index contributed by atoms with van der Waals surface area (Å²) < 4.78 is 0. The highest BCUT2D eigenvalue weighted by Gasteiger charge is 2.19. The first-order valence-electron chi connectivity index (χ1n) is 11.3. The first-order chi connectivity index (χ1) is 15.1. The maximum atomic E-state index is 11.1. The number of carboxylic acids is 1. The highest BCUT2D eigenvalue weighted by atomic mass is 16.4. The van der Waals surface area contributed by atoms with Crippen molar-refractivity contribution in [3.8, 4) is 11.1 Å². The molecular weight excluding hydrogens is 382 g/mol. The zero-order valence-electron chi connectivity index (χ0n) is 18.3. The van der Waals surface area contributed by atoms with E-state index in [2.05, 4.69) is 30.3 Å². The van der Waals surface area contributed by atoms with E-state index in [-0.39, 0.29) is 0 Å². The number of nitrogens with two attached hydrogens (primary N) is 1. The van der Waals surface area contributed by atoms with Gasteiger partial charge in [-0.2, -0.15) is 0 Å². The van der Waals surface area contributed by atoms with Crippen LogP contribution in [0.5, 0.6) is 0 Å². The van der Waals surface area contributed by atoms with Crippen molar-refractivity contribution in [1.82, 2.24) is 0 Å². The van der Waals surface area contributed by atoms with Gasteiger partial charge in [0.05, 0.1) is 5.92 Å². The molecule has 0 spiro atoms. The maximum Gasteiger partial charge on any atom is 0.310 e. The molecule has 0 radical (unpaired) electrons. The van der Waals surface area contributed by atoms with Crippen LogP contribution in [0.1, 0.15) is 62.0 Å². The Kier molecular flexibility index (Phi) is 8.43. The molecule has 1 fully saturated rings. The lowest BCUT2D eigenvalue weighted by Gasteiger charge is -2.26. The van der Waals surface area contributed by atoms with Crippen LogP contribution in [-0.4, -0.2) is 17.1 Å². The standard InChI is InChI=1S/C16H16O2.C12H17N/c1-2-15(16(17)18)14-10-8-13(9-11-14)12-6-4-3-5-7-12;13-12-8-6-11(7-9-12)10-4-2-1-3-5-10/h3-11,15H,2H2,1H3,(H,17,18);1-5,11-12H,6-9,13H2. The minimum Gasteiger partial charge on any atom is -0.481 e. The van der Waals surface area contributed by atoms with E-state index in [4.69, 9.17) is 10.8 Å². The third-order valence-corrected chi connectivity index (χ3v) is 6.17. The highest BCUT2D eigenvalue weighted by molar-refractivity contribution is 5.76. The normalized spacial score (nSPS) is 19.0. The van der Waals surface area contributed by atoms with Crippen LogP contribution in [0.2, 0.25) is 0 Å². The predicted molar refractivity (Wildman–Crippen MR) is 128 cm³/mol. The van der Waals surface area contributed by atoms with Crippen LogP contribution in [0, 0.1) is 0 Å². The van der Waals surface area contributed by atoms with E-state index in [0.29, 0.717) is 12.5 Å². The van der Waals surface area contributed by atoms with Crippen molar-refractivity contribution in [3.63, 3.8) is 0 Å². The fourth-order valence-electron chi connectivity index (χ4n) is 4.27. The maximum absolute atomic E-state index is 11.1. The number of hydrogen-bond acceptors (Lipinski definition) is 2. The monoisotopic (exact) mass is 415 g/mol. The lowest BCUT2D eigenvalue weighted by Crippen LogP contribution is -2.25. The molecule has 0 heterocycles. The van der Waals surface area contributed by atoms with Gasteiger partial charge in [0.2, 0.25) is 0 Å². The summed E-state index contributed by atoms with van der Waals surface area (Å²) in [7, 11) is 0. The molecular formula is C28H33NO2. The molecule has 0 saturated heterocycles. The molecule has 3 nitrogen and oxygen atoms in total. The molecule has 3 heteroatoms. The third kappa shape index (κ3) is 6.53. The molecule has 1 unspecified atom stereocenters. The van der Waals surface area contributed by atoms with Crippen LogP contribution in [-0.2, 0) is 4.79 Å². The van der Waals surface area contributed by atoms with Crippen molar-refractivity contribution in [2.75, 3.05) is 0 Å². The Morgan fingerprint density at radius 2 is 1.35 bits per heavy atom. The molecule has 1 aliphatic carbocycles. The summed E-state index contributed by atoms with van der Waals surface area (Å²) in [6.45, 7) is 1.89. The van der Waals surface area contributed by atoms with Crippen molar-refractivity contribution in [2.24, 2.45) is 5.73 Å². The molecule has 0 aliphatic heterocycles. The largest absolute Gasteiger partial charge is 0.481 e. The molecule has 0 amide bonds. The fraction of sp³-hybridized carbons (Fsp3) is 0.321. The topological polar surface area (TPSA) is 63.3 Å². The number of rotatable bonds is 5. The van der Waals surface area contributed by atoms with E-state index in [1.54, 1.807) is 0 Å². The van der Waals surface area contributed by atoms with E-state index in [0.717, 1.165) is 22.6 Å². The number of carboxylic acid groups (broad SMARTS) is 1. The van der Waals surface area contributed by atoms with Crippen LogP contribution in [0.4, 0.5) is 0 Å². The van der Waals surface area contributed by atoms with Gasteiger partial charge in [0.15, 0.2) is 0 Å². The van der Waals surface area contributed by atoms with Crippen LogP contribution >= 0.6 is 0 Å². The quantitative estimate of drug-likeness (QED) is 0.493. The third-order valence-electron chi connectivity index (χ3n) is 6.17. The van der Waals surface area contributed by atoms with Gasteiger partial charge >= 0.3 is 5.97 Å². The number of carbonyl (C=O) groups is 1. The Morgan fingerprint density at radius 3 is 1.87 bits per heavy atom. The second-order valence-corrected chi connectivity index (χ2v) is 8.31. The zero-order chi connectivity index (χ0) is 22.1. The van der Waals surface area contributed by atoms with Crippen molar-refractivity contribution >= 4 is 5.97 Å².